The van der Waals surface area contributed by atoms with E-state index >= 15 is 0 Å². The van der Waals surface area contributed by atoms with E-state index in [0.717, 1.165) is 25.8 Å². The summed E-state index contributed by atoms with van der Waals surface area (Å²) in [6, 6.07) is 1.16. The number of hydrogen-bond acceptors (Lipinski definition) is 3. The third-order valence-corrected chi connectivity index (χ3v) is 3.73. The highest BCUT2D eigenvalue weighted by atomic mass is 16.3. The molecular weight excluding hydrogens is 164 g/mol. The number of aliphatic hydroxyl groups excluding tert-OH is 1. The van der Waals surface area contributed by atoms with E-state index in [9.17, 15) is 5.11 Å². The summed E-state index contributed by atoms with van der Waals surface area (Å²) in [6.45, 7) is 3.26. The Morgan fingerprint density at radius 3 is 2.54 bits per heavy atom. The van der Waals surface area contributed by atoms with Crippen molar-refractivity contribution in [2.45, 2.75) is 56.8 Å². The molecule has 3 nitrogen and oxygen atoms in total. The minimum atomic E-state index is -0.104. The van der Waals surface area contributed by atoms with Crippen molar-refractivity contribution in [3.05, 3.63) is 0 Å². The van der Waals surface area contributed by atoms with Gasteiger partial charge >= 0.3 is 0 Å². The fourth-order valence-electron chi connectivity index (χ4n) is 2.76. The van der Waals surface area contributed by atoms with Crippen LogP contribution in [-0.4, -0.2) is 40.8 Å². The van der Waals surface area contributed by atoms with Crippen LogP contribution in [0.25, 0.3) is 0 Å². The molecule has 3 N–H and O–H groups in total. The molecule has 0 aromatic rings. The van der Waals surface area contributed by atoms with Gasteiger partial charge in [-0.15, -0.1) is 0 Å². The third kappa shape index (κ3) is 1.60. The SMILES string of the molecule is CC1C(N)CCN1C1CCCC1O. The fraction of sp³-hybridized carbons (Fsp3) is 1.00. The molecule has 2 fully saturated rings. The van der Waals surface area contributed by atoms with Crippen LogP contribution in [-0.2, 0) is 0 Å². The molecule has 0 spiro atoms. The molecule has 2 aliphatic rings. The van der Waals surface area contributed by atoms with Crippen molar-refractivity contribution in [3.8, 4) is 0 Å². The van der Waals surface area contributed by atoms with Gasteiger partial charge in [0, 0.05) is 24.7 Å². The minimum Gasteiger partial charge on any atom is -0.391 e. The summed E-state index contributed by atoms with van der Waals surface area (Å²) in [7, 11) is 0. The van der Waals surface area contributed by atoms with Gasteiger partial charge in [-0.2, -0.15) is 0 Å². The molecule has 4 unspecified atom stereocenters. The molecule has 13 heavy (non-hydrogen) atoms. The van der Waals surface area contributed by atoms with Gasteiger partial charge in [0.15, 0.2) is 0 Å². The van der Waals surface area contributed by atoms with Crippen LogP contribution < -0.4 is 5.73 Å². The van der Waals surface area contributed by atoms with Crippen LogP contribution >= 0.6 is 0 Å². The lowest BCUT2D eigenvalue weighted by Gasteiger charge is -2.31. The second-order valence-corrected chi connectivity index (χ2v) is 4.50. The van der Waals surface area contributed by atoms with Gasteiger partial charge in [0.1, 0.15) is 0 Å². The Labute approximate surface area is 79.9 Å². The summed E-state index contributed by atoms with van der Waals surface area (Å²) in [5, 5.41) is 9.77. The number of rotatable bonds is 1. The Bertz CT molecular complexity index is 186. The highest BCUT2D eigenvalue weighted by Crippen LogP contribution is 2.29. The number of aliphatic hydroxyl groups is 1. The quantitative estimate of drug-likeness (QED) is 0.617. The zero-order valence-corrected chi connectivity index (χ0v) is 8.32. The van der Waals surface area contributed by atoms with Crippen LogP contribution in [0.4, 0.5) is 0 Å². The molecule has 76 valence electrons. The highest BCUT2D eigenvalue weighted by molar-refractivity contribution is 4.95. The largest absolute Gasteiger partial charge is 0.391 e. The van der Waals surface area contributed by atoms with Crippen molar-refractivity contribution in [2.75, 3.05) is 6.54 Å². The van der Waals surface area contributed by atoms with Crippen LogP contribution in [0.15, 0.2) is 0 Å². The van der Waals surface area contributed by atoms with E-state index in [1.54, 1.807) is 0 Å². The zero-order valence-electron chi connectivity index (χ0n) is 8.32. The second kappa shape index (κ2) is 3.56. The Hall–Kier alpha value is -0.120. The molecule has 3 heteroatoms. The molecule has 1 aliphatic carbocycles. The third-order valence-electron chi connectivity index (χ3n) is 3.73. The van der Waals surface area contributed by atoms with Gasteiger partial charge in [-0.1, -0.05) is 0 Å². The average molecular weight is 184 g/mol. The van der Waals surface area contributed by atoms with E-state index in [1.165, 1.54) is 6.42 Å². The van der Waals surface area contributed by atoms with E-state index in [0.29, 0.717) is 18.1 Å². The number of nitrogens with two attached hydrogens (primary N) is 1. The Balaban J connectivity index is 2.00. The van der Waals surface area contributed by atoms with Gasteiger partial charge in [-0.25, -0.2) is 0 Å². The zero-order chi connectivity index (χ0) is 9.42. The van der Waals surface area contributed by atoms with Crippen molar-refractivity contribution < 1.29 is 5.11 Å². The first kappa shape index (κ1) is 9.44. The number of hydrogen-bond donors (Lipinski definition) is 2. The van der Waals surface area contributed by atoms with Crippen LogP contribution in [0.2, 0.25) is 0 Å². The normalized spacial score (nSPS) is 47.3. The molecule has 1 aliphatic heterocycles. The molecular formula is C10H20N2O. The molecule has 0 aromatic heterocycles. The predicted molar refractivity (Wildman–Crippen MR) is 52.4 cm³/mol. The Kier molecular flexibility index (Phi) is 2.58. The molecule has 0 bridgehead atoms. The molecule has 1 heterocycles. The first-order valence-electron chi connectivity index (χ1n) is 5.39. The average Bonchev–Trinajstić information content (AvgIpc) is 2.62. The minimum absolute atomic E-state index is 0.104. The molecule has 0 amide bonds. The predicted octanol–water partition coefficient (Wildman–Crippen LogP) is 0.321. The van der Waals surface area contributed by atoms with Gasteiger partial charge in [-0.3, -0.25) is 4.90 Å². The van der Waals surface area contributed by atoms with E-state index < -0.39 is 0 Å². The maximum atomic E-state index is 9.77. The molecule has 2 rings (SSSR count). The monoisotopic (exact) mass is 184 g/mol. The van der Waals surface area contributed by atoms with Gasteiger partial charge in [0.05, 0.1) is 6.10 Å². The summed E-state index contributed by atoms with van der Waals surface area (Å²) in [6.07, 6.45) is 4.28. The number of nitrogens with zero attached hydrogens (tertiary/aromatic N) is 1. The van der Waals surface area contributed by atoms with Gasteiger partial charge in [-0.05, 0) is 32.6 Å². The Morgan fingerprint density at radius 2 is 2.08 bits per heavy atom. The standard InChI is InChI=1S/C10H20N2O/c1-7-8(11)5-6-12(7)9-3-2-4-10(9)13/h7-10,13H,2-6,11H2,1H3. The van der Waals surface area contributed by atoms with Gasteiger partial charge in [0.25, 0.3) is 0 Å². The summed E-state index contributed by atoms with van der Waals surface area (Å²) in [4.78, 5) is 2.41. The maximum absolute atomic E-state index is 9.77. The van der Waals surface area contributed by atoms with E-state index in [-0.39, 0.29) is 6.10 Å². The maximum Gasteiger partial charge on any atom is 0.0695 e. The Morgan fingerprint density at radius 1 is 1.31 bits per heavy atom. The van der Waals surface area contributed by atoms with Crippen molar-refractivity contribution in [1.29, 1.82) is 0 Å². The van der Waals surface area contributed by atoms with Crippen molar-refractivity contribution in [3.63, 3.8) is 0 Å². The summed E-state index contributed by atoms with van der Waals surface area (Å²) < 4.78 is 0. The van der Waals surface area contributed by atoms with Crippen LogP contribution in [0.5, 0.6) is 0 Å². The number of likely N-dealkylation sites (tertiary alicyclic amines) is 1. The first-order valence-corrected chi connectivity index (χ1v) is 5.39. The summed E-state index contributed by atoms with van der Waals surface area (Å²) in [5.41, 5.74) is 5.96. The summed E-state index contributed by atoms with van der Waals surface area (Å²) in [5.74, 6) is 0. The lowest BCUT2D eigenvalue weighted by Crippen LogP contribution is -2.46. The van der Waals surface area contributed by atoms with Crippen LogP contribution in [0, 0.1) is 0 Å². The van der Waals surface area contributed by atoms with Crippen molar-refractivity contribution in [2.24, 2.45) is 5.73 Å². The van der Waals surface area contributed by atoms with Gasteiger partial charge in [0.2, 0.25) is 0 Å². The smallest absolute Gasteiger partial charge is 0.0695 e. The van der Waals surface area contributed by atoms with E-state index in [4.69, 9.17) is 5.73 Å². The van der Waals surface area contributed by atoms with Crippen molar-refractivity contribution in [1.82, 2.24) is 4.90 Å². The van der Waals surface area contributed by atoms with Crippen LogP contribution in [0.1, 0.15) is 32.6 Å². The van der Waals surface area contributed by atoms with Crippen LogP contribution in [0.3, 0.4) is 0 Å². The lowest BCUT2D eigenvalue weighted by molar-refractivity contribution is 0.0653. The van der Waals surface area contributed by atoms with Gasteiger partial charge < -0.3 is 10.8 Å². The first-order chi connectivity index (χ1) is 6.20. The van der Waals surface area contributed by atoms with E-state index in [1.807, 2.05) is 0 Å². The fourth-order valence-corrected chi connectivity index (χ4v) is 2.76. The molecule has 4 atom stereocenters. The second-order valence-electron chi connectivity index (χ2n) is 4.50. The highest BCUT2D eigenvalue weighted by Gasteiger charge is 2.38. The molecule has 1 saturated carbocycles. The van der Waals surface area contributed by atoms with Crippen molar-refractivity contribution >= 4 is 0 Å². The summed E-state index contributed by atoms with van der Waals surface area (Å²) >= 11 is 0. The molecule has 0 aromatic carbocycles. The lowest BCUT2D eigenvalue weighted by atomic mass is 10.1. The van der Waals surface area contributed by atoms with E-state index in [2.05, 4.69) is 11.8 Å². The topological polar surface area (TPSA) is 49.5 Å². The molecule has 0 radical (unpaired) electrons. The molecule has 1 saturated heterocycles.